The summed E-state index contributed by atoms with van der Waals surface area (Å²) in [4.78, 5) is 15.7. The van der Waals surface area contributed by atoms with Gasteiger partial charge in [0, 0.05) is 37.9 Å². The Hall–Kier alpha value is -1.10. The molecule has 0 aliphatic carbocycles. The number of benzene rings is 1. The van der Waals surface area contributed by atoms with E-state index in [4.69, 9.17) is 16.3 Å². The van der Waals surface area contributed by atoms with Gasteiger partial charge in [0.05, 0.1) is 5.41 Å². The van der Waals surface area contributed by atoms with Gasteiger partial charge in [-0.05, 0) is 61.8 Å². The van der Waals surface area contributed by atoms with Crippen LogP contribution in [-0.2, 0) is 14.9 Å². The summed E-state index contributed by atoms with van der Waals surface area (Å²) >= 11 is 6.07. The standard InChI is InChI=1S/C20H27ClN2O2/c21-17-3-1-16(2-4-17)20(8-13-25-14-9-20)18(24)23-11-6-19(7-12-23)5-10-22-15-19/h1-4,22H,5-15H2. The molecule has 1 aromatic rings. The minimum Gasteiger partial charge on any atom is -0.381 e. The number of carbonyl (C=O) groups excluding carboxylic acids is 1. The molecule has 0 bridgehead atoms. The predicted octanol–water partition coefficient (Wildman–Crippen LogP) is 2.99. The minimum absolute atomic E-state index is 0.291. The summed E-state index contributed by atoms with van der Waals surface area (Å²) in [6.45, 7) is 5.31. The Bertz CT molecular complexity index is 609. The second-order valence-electron chi connectivity index (χ2n) is 7.92. The first kappa shape index (κ1) is 17.3. The highest BCUT2D eigenvalue weighted by molar-refractivity contribution is 6.30. The average Bonchev–Trinajstić information content (AvgIpc) is 3.11. The van der Waals surface area contributed by atoms with Gasteiger partial charge in [-0.3, -0.25) is 4.79 Å². The van der Waals surface area contributed by atoms with Gasteiger partial charge in [0.25, 0.3) is 0 Å². The normalized spacial score (nSPS) is 25.2. The number of nitrogens with zero attached hydrogens (tertiary/aromatic N) is 1. The van der Waals surface area contributed by atoms with Crippen molar-refractivity contribution in [3.05, 3.63) is 34.9 Å². The molecule has 5 heteroatoms. The van der Waals surface area contributed by atoms with E-state index in [2.05, 4.69) is 10.2 Å². The van der Waals surface area contributed by atoms with Gasteiger partial charge in [0.1, 0.15) is 0 Å². The SMILES string of the molecule is O=C(N1CCC2(CCNC2)CC1)C1(c2ccc(Cl)cc2)CCOCC1. The first-order chi connectivity index (χ1) is 12.1. The van der Waals surface area contributed by atoms with Crippen molar-refractivity contribution in [3.63, 3.8) is 0 Å². The van der Waals surface area contributed by atoms with E-state index in [1.807, 2.05) is 24.3 Å². The zero-order chi connectivity index (χ0) is 17.3. The van der Waals surface area contributed by atoms with Gasteiger partial charge in [-0.1, -0.05) is 23.7 Å². The van der Waals surface area contributed by atoms with Crippen LogP contribution < -0.4 is 5.32 Å². The summed E-state index contributed by atoms with van der Waals surface area (Å²) in [5.74, 6) is 0.291. The largest absolute Gasteiger partial charge is 0.381 e. The van der Waals surface area contributed by atoms with E-state index in [9.17, 15) is 4.79 Å². The number of halogens is 1. The van der Waals surface area contributed by atoms with E-state index >= 15 is 0 Å². The maximum atomic E-state index is 13.6. The van der Waals surface area contributed by atoms with Crippen LogP contribution in [0.1, 0.15) is 37.7 Å². The maximum absolute atomic E-state index is 13.6. The van der Waals surface area contributed by atoms with E-state index in [0.717, 1.165) is 57.4 Å². The van der Waals surface area contributed by atoms with Gasteiger partial charge in [0.2, 0.25) is 5.91 Å². The van der Waals surface area contributed by atoms with Crippen molar-refractivity contribution in [2.75, 3.05) is 39.4 Å². The lowest BCUT2D eigenvalue weighted by Gasteiger charge is -2.44. The fraction of sp³-hybridized carbons (Fsp3) is 0.650. The van der Waals surface area contributed by atoms with Gasteiger partial charge >= 0.3 is 0 Å². The van der Waals surface area contributed by atoms with Crippen LogP contribution in [0.15, 0.2) is 24.3 Å². The van der Waals surface area contributed by atoms with Crippen molar-refractivity contribution < 1.29 is 9.53 Å². The zero-order valence-electron chi connectivity index (χ0n) is 14.7. The number of hydrogen-bond acceptors (Lipinski definition) is 3. The van der Waals surface area contributed by atoms with Gasteiger partial charge < -0.3 is 15.0 Å². The second kappa shape index (κ2) is 6.90. The predicted molar refractivity (Wildman–Crippen MR) is 98.9 cm³/mol. The third-order valence-electron chi connectivity index (χ3n) is 6.60. The Morgan fingerprint density at radius 3 is 2.32 bits per heavy atom. The maximum Gasteiger partial charge on any atom is 0.233 e. The third-order valence-corrected chi connectivity index (χ3v) is 6.85. The molecule has 3 heterocycles. The first-order valence-electron chi connectivity index (χ1n) is 9.48. The molecule has 3 saturated heterocycles. The van der Waals surface area contributed by atoms with Crippen molar-refractivity contribution in [2.45, 2.75) is 37.5 Å². The summed E-state index contributed by atoms with van der Waals surface area (Å²) in [7, 11) is 0. The Balaban J connectivity index is 1.55. The molecule has 3 aliphatic heterocycles. The lowest BCUT2D eigenvalue weighted by molar-refractivity contribution is -0.143. The topological polar surface area (TPSA) is 41.6 Å². The van der Waals surface area contributed by atoms with Gasteiger partial charge in [-0.25, -0.2) is 0 Å². The molecular formula is C20H27ClN2O2. The van der Waals surface area contributed by atoms with Crippen LogP contribution in [0.25, 0.3) is 0 Å². The number of piperidine rings is 1. The molecule has 25 heavy (non-hydrogen) atoms. The number of carbonyl (C=O) groups is 1. The number of ether oxygens (including phenoxy) is 1. The minimum atomic E-state index is -0.443. The molecule has 1 spiro atoms. The zero-order valence-corrected chi connectivity index (χ0v) is 15.5. The van der Waals surface area contributed by atoms with E-state index in [1.54, 1.807) is 0 Å². The van der Waals surface area contributed by atoms with E-state index in [-0.39, 0.29) is 0 Å². The Morgan fingerprint density at radius 2 is 1.72 bits per heavy atom. The molecule has 3 aliphatic rings. The van der Waals surface area contributed by atoms with E-state index in [0.29, 0.717) is 29.6 Å². The molecular weight excluding hydrogens is 336 g/mol. The molecule has 0 atom stereocenters. The summed E-state index contributed by atoms with van der Waals surface area (Å²) in [5.41, 5.74) is 1.08. The van der Waals surface area contributed by atoms with Crippen molar-refractivity contribution >= 4 is 17.5 Å². The van der Waals surface area contributed by atoms with E-state index < -0.39 is 5.41 Å². The molecule has 1 aromatic carbocycles. The number of rotatable bonds is 2. The average molecular weight is 363 g/mol. The highest BCUT2D eigenvalue weighted by atomic mass is 35.5. The third kappa shape index (κ3) is 3.20. The van der Waals surface area contributed by atoms with Crippen LogP contribution >= 0.6 is 11.6 Å². The summed E-state index contributed by atoms with van der Waals surface area (Å²) < 4.78 is 5.58. The summed E-state index contributed by atoms with van der Waals surface area (Å²) in [6, 6.07) is 7.85. The Labute approximate surface area is 154 Å². The smallest absolute Gasteiger partial charge is 0.233 e. The Kier molecular flexibility index (Phi) is 4.78. The van der Waals surface area contributed by atoms with Crippen molar-refractivity contribution in [1.29, 1.82) is 0 Å². The van der Waals surface area contributed by atoms with Gasteiger partial charge in [-0.2, -0.15) is 0 Å². The van der Waals surface area contributed by atoms with Crippen LogP contribution in [0.2, 0.25) is 5.02 Å². The van der Waals surface area contributed by atoms with E-state index in [1.165, 1.54) is 6.42 Å². The van der Waals surface area contributed by atoms with Crippen LogP contribution in [0.5, 0.6) is 0 Å². The summed E-state index contributed by atoms with van der Waals surface area (Å²) in [6.07, 6.45) is 5.02. The molecule has 0 aromatic heterocycles. The van der Waals surface area contributed by atoms with Crippen LogP contribution in [0.4, 0.5) is 0 Å². The highest BCUT2D eigenvalue weighted by Gasteiger charge is 2.46. The number of hydrogen-bond donors (Lipinski definition) is 1. The number of likely N-dealkylation sites (tertiary alicyclic amines) is 1. The molecule has 0 unspecified atom stereocenters. The second-order valence-corrected chi connectivity index (χ2v) is 8.36. The monoisotopic (exact) mass is 362 g/mol. The molecule has 0 radical (unpaired) electrons. The first-order valence-corrected chi connectivity index (χ1v) is 9.85. The molecule has 3 fully saturated rings. The molecule has 4 rings (SSSR count). The molecule has 1 N–H and O–H groups in total. The highest BCUT2D eigenvalue weighted by Crippen LogP contribution is 2.41. The fourth-order valence-corrected chi connectivity index (χ4v) is 4.95. The van der Waals surface area contributed by atoms with Crippen molar-refractivity contribution in [2.24, 2.45) is 5.41 Å². The number of amides is 1. The number of nitrogens with one attached hydrogen (secondary N) is 1. The molecule has 136 valence electrons. The van der Waals surface area contributed by atoms with Crippen molar-refractivity contribution in [3.8, 4) is 0 Å². The van der Waals surface area contributed by atoms with Crippen LogP contribution in [0.3, 0.4) is 0 Å². The summed E-state index contributed by atoms with van der Waals surface area (Å²) in [5, 5.41) is 4.21. The fourth-order valence-electron chi connectivity index (χ4n) is 4.82. The molecule has 0 saturated carbocycles. The van der Waals surface area contributed by atoms with Crippen LogP contribution in [-0.4, -0.2) is 50.2 Å². The lowest BCUT2D eigenvalue weighted by Crippen LogP contribution is -2.53. The van der Waals surface area contributed by atoms with Gasteiger partial charge in [0.15, 0.2) is 0 Å². The molecule has 4 nitrogen and oxygen atoms in total. The van der Waals surface area contributed by atoms with Crippen LogP contribution in [0, 0.1) is 5.41 Å². The lowest BCUT2D eigenvalue weighted by atomic mass is 9.71. The van der Waals surface area contributed by atoms with Crippen molar-refractivity contribution in [1.82, 2.24) is 10.2 Å². The molecule has 1 amide bonds. The Morgan fingerprint density at radius 1 is 1.04 bits per heavy atom. The quantitative estimate of drug-likeness (QED) is 0.879. The van der Waals surface area contributed by atoms with Gasteiger partial charge in [-0.15, -0.1) is 0 Å².